The molecule has 0 N–H and O–H groups in total. The van der Waals surface area contributed by atoms with Crippen molar-refractivity contribution in [1.82, 2.24) is 0 Å². The number of carbonyl (C=O) groups excluding carboxylic acids is 1. The first-order valence-corrected chi connectivity index (χ1v) is 14.6. The molecule has 0 saturated heterocycles. The largest absolute Gasteiger partial charge is 0.501 e. The average molecular weight is 489 g/mol. The van der Waals surface area contributed by atoms with Gasteiger partial charge in [-0.1, -0.05) is 6.58 Å². The molecule has 0 aliphatic rings. The van der Waals surface area contributed by atoms with Crippen LogP contribution in [0.25, 0.3) is 0 Å². The minimum absolute atomic E-state index is 0.327. The van der Waals surface area contributed by atoms with E-state index in [9.17, 15) is 4.79 Å². The summed E-state index contributed by atoms with van der Waals surface area (Å²) < 4.78 is 37.7. The first-order valence-electron chi connectivity index (χ1n) is 10.2. The van der Waals surface area contributed by atoms with Crippen molar-refractivity contribution < 1.29 is 36.1 Å². The smallest absolute Gasteiger partial charge is 0.462 e. The van der Waals surface area contributed by atoms with Gasteiger partial charge in [-0.3, -0.25) is 0 Å². The Balaban J connectivity index is 0. The van der Waals surface area contributed by atoms with E-state index in [1.807, 2.05) is 20.8 Å². The summed E-state index contributed by atoms with van der Waals surface area (Å²) in [4.78, 5) is 11.2. The standard InChI is InChI=1S/C13H26O5Si.C6H15ClO3Si/c1-6-16-19(17-7-2,18-8-3)11-9-10-15-13(14)12(4)5;1-8-11(9-2,10-3)6-4-5-7/h4,6-11H2,1-3,5H3;4-6H2,1-3H3. The molecule has 180 valence electrons. The molecule has 0 unspecified atom stereocenters. The Morgan fingerprint density at radius 1 is 0.833 bits per heavy atom. The SMILES string of the molecule is C=C(C)C(=O)OCCC[Si](OCC)(OCC)OCC.CO[Si](CCCCl)(OC)OC. The maximum atomic E-state index is 11.2. The molecular formula is C19H41ClO8Si2. The van der Waals surface area contributed by atoms with Gasteiger partial charge in [0.05, 0.1) is 6.61 Å². The fourth-order valence-corrected chi connectivity index (χ4v) is 7.08. The Bertz CT molecular complexity index is 425. The Kier molecular flexibility index (Phi) is 20.6. The van der Waals surface area contributed by atoms with Gasteiger partial charge in [-0.25, -0.2) is 4.79 Å². The Labute approximate surface area is 189 Å². The van der Waals surface area contributed by atoms with E-state index in [1.54, 1.807) is 28.3 Å². The van der Waals surface area contributed by atoms with Gasteiger partial charge in [0.1, 0.15) is 0 Å². The van der Waals surface area contributed by atoms with E-state index >= 15 is 0 Å². The molecule has 0 aliphatic heterocycles. The van der Waals surface area contributed by atoms with E-state index in [0.717, 1.165) is 12.5 Å². The van der Waals surface area contributed by atoms with Gasteiger partial charge in [0, 0.05) is 64.7 Å². The number of hydrogen-bond donors (Lipinski definition) is 0. The maximum Gasteiger partial charge on any atom is 0.501 e. The van der Waals surface area contributed by atoms with Crippen molar-refractivity contribution in [3.8, 4) is 0 Å². The van der Waals surface area contributed by atoms with Crippen LogP contribution < -0.4 is 0 Å². The van der Waals surface area contributed by atoms with Crippen molar-refractivity contribution in [3.63, 3.8) is 0 Å². The number of esters is 1. The topological polar surface area (TPSA) is 81.7 Å². The zero-order valence-corrected chi connectivity index (χ0v) is 22.5. The molecule has 0 amide bonds. The fraction of sp³-hybridized carbons (Fsp3) is 0.842. The second-order valence-electron chi connectivity index (χ2n) is 6.09. The summed E-state index contributed by atoms with van der Waals surface area (Å²) >= 11 is 5.53. The lowest BCUT2D eigenvalue weighted by Gasteiger charge is -2.28. The van der Waals surface area contributed by atoms with Crippen LogP contribution in [0.15, 0.2) is 12.2 Å². The third-order valence-corrected chi connectivity index (χ3v) is 10.1. The van der Waals surface area contributed by atoms with Crippen LogP contribution in [0, 0.1) is 0 Å². The van der Waals surface area contributed by atoms with Crippen molar-refractivity contribution in [2.24, 2.45) is 0 Å². The third-order valence-electron chi connectivity index (χ3n) is 3.85. The molecule has 11 heteroatoms. The Hall–Kier alpha value is -0.306. The molecule has 0 fully saturated rings. The molecule has 0 atom stereocenters. The molecule has 0 aromatic rings. The summed E-state index contributed by atoms with van der Waals surface area (Å²) in [6.07, 6.45) is 1.52. The van der Waals surface area contributed by atoms with Crippen LogP contribution in [-0.2, 0) is 36.1 Å². The maximum absolute atomic E-state index is 11.2. The second kappa shape index (κ2) is 19.4. The number of halogens is 1. The van der Waals surface area contributed by atoms with Gasteiger partial charge in [0.25, 0.3) is 0 Å². The third kappa shape index (κ3) is 13.9. The average Bonchev–Trinajstić information content (AvgIpc) is 2.73. The van der Waals surface area contributed by atoms with Crippen molar-refractivity contribution in [2.75, 3.05) is 53.6 Å². The van der Waals surface area contributed by atoms with Gasteiger partial charge < -0.3 is 31.3 Å². The molecule has 0 bridgehead atoms. The molecule has 0 aromatic heterocycles. The van der Waals surface area contributed by atoms with Crippen molar-refractivity contribution >= 4 is 35.2 Å². The molecule has 30 heavy (non-hydrogen) atoms. The number of hydrogen-bond acceptors (Lipinski definition) is 8. The van der Waals surface area contributed by atoms with Crippen LogP contribution in [0.4, 0.5) is 0 Å². The zero-order chi connectivity index (χ0) is 23.5. The highest BCUT2D eigenvalue weighted by Gasteiger charge is 2.39. The van der Waals surface area contributed by atoms with E-state index < -0.39 is 17.6 Å². The van der Waals surface area contributed by atoms with Crippen LogP contribution in [0.1, 0.15) is 40.5 Å². The van der Waals surface area contributed by atoms with Gasteiger partial charge in [0.2, 0.25) is 0 Å². The van der Waals surface area contributed by atoms with E-state index in [-0.39, 0.29) is 5.97 Å². The number of rotatable bonds is 17. The summed E-state index contributed by atoms with van der Waals surface area (Å²) in [7, 11) is -0.117. The lowest BCUT2D eigenvalue weighted by atomic mass is 10.4. The molecule has 0 aromatic carbocycles. The lowest BCUT2D eigenvalue weighted by molar-refractivity contribution is -0.139. The second-order valence-corrected chi connectivity index (χ2v) is 12.3. The molecule has 0 saturated carbocycles. The van der Waals surface area contributed by atoms with Crippen molar-refractivity contribution in [3.05, 3.63) is 12.2 Å². The van der Waals surface area contributed by atoms with Gasteiger partial charge in [-0.05, 0) is 40.5 Å². The Morgan fingerprint density at radius 2 is 1.27 bits per heavy atom. The summed E-state index contributed by atoms with van der Waals surface area (Å²) in [5.41, 5.74) is 0.405. The van der Waals surface area contributed by atoms with Crippen molar-refractivity contribution in [2.45, 2.75) is 52.6 Å². The zero-order valence-electron chi connectivity index (χ0n) is 19.7. The minimum atomic E-state index is -2.61. The molecule has 0 aliphatic carbocycles. The summed E-state index contributed by atoms with van der Waals surface area (Å²) in [5, 5.41) is 0. The van der Waals surface area contributed by atoms with Crippen LogP contribution in [0.5, 0.6) is 0 Å². The summed E-state index contributed by atoms with van der Waals surface area (Å²) in [6.45, 7) is 12.9. The lowest BCUT2D eigenvalue weighted by Crippen LogP contribution is -2.46. The molecule has 0 heterocycles. The predicted molar refractivity (Wildman–Crippen MR) is 123 cm³/mol. The van der Waals surface area contributed by atoms with Gasteiger partial charge in [-0.2, -0.15) is 0 Å². The number of ether oxygens (including phenoxy) is 1. The van der Waals surface area contributed by atoms with Crippen LogP contribution in [-0.4, -0.2) is 77.2 Å². The van der Waals surface area contributed by atoms with E-state index in [2.05, 4.69) is 6.58 Å². The summed E-state index contributed by atoms with van der Waals surface area (Å²) in [6, 6.07) is 1.42. The normalized spacial score (nSPS) is 11.6. The number of carbonyl (C=O) groups is 1. The van der Waals surface area contributed by atoms with E-state index in [4.69, 9.17) is 42.9 Å². The highest BCUT2D eigenvalue weighted by Crippen LogP contribution is 2.18. The predicted octanol–water partition coefficient (Wildman–Crippen LogP) is 4.04. The molecule has 8 nitrogen and oxygen atoms in total. The van der Waals surface area contributed by atoms with Crippen molar-refractivity contribution in [1.29, 1.82) is 0 Å². The van der Waals surface area contributed by atoms with Crippen LogP contribution in [0.2, 0.25) is 12.1 Å². The van der Waals surface area contributed by atoms with Crippen LogP contribution in [0.3, 0.4) is 0 Å². The quantitative estimate of drug-likeness (QED) is 0.0997. The highest BCUT2D eigenvalue weighted by molar-refractivity contribution is 6.61. The fourth-order valence-electron chi connectivity index (χ4n) is 2.42. The summed E-state index contributed by atoms with van der Waals surface area (Å²) in [5.74, 6) is 0.252. The molecule has 0 radical (unpaired) electrons. The molecular weight excluding hydrogens is 448 g/mol. The first-order chi connectivity index (χ1) is 14.3. The first kappa shape index (κ1) is 31.9. The van der Waals surface area contributed by atoms with Gasteiger partial charge in [0.15, 0.2) is 0 Å². The van der Waals surface area contributed by atoms with E-state index in [1.165, 1.54) is 0 Å². The van der Waals surface area contributed by atoms with E-state index in [0.29, 0.717) is 50.3 Å². The molecule has 0 spiro atoms. The highest BCUT2D eigenvalue weighted by atomic mass is 35.5. The monoisotopic (exact) mass is 488 g/mol. The van der Waals surface area contributed by atoms with Crippen LogP contribution >= 0.6 is 11.6 Å². The Morgan fingerprint density at radius 3 is 1.60 bits per heavy atom. The minimum Gasteiger partial charge on any atom is -0.462 e. The molecule has 0 rings (SSSR count). The van der Waals surface area contributed by atoms with Gasteiger partial charge >= 0.3 is 23.6 Å². The van der Waals surface area contributed by atoms with Gasteiger partial charge in [-0.15, -0.1) is 11.6 Å². The number of alkyl halides is 1.